The lowest BCUT2D eigenvalue weighted by Gasteiger charge is -2.17. The highest BCUT2D eigenvalue weighted by molar-refractivity contribution is 5.33. The van der Waals surface area contributed by atoms with Gasteiger partial charge in [0.1, 0.15) is 11.9 Å². The van der Waals surface area contributed by atoms with Gasteiger partial charge in [0.05, 0.1) is 0 Å². The van der Waals surface area contributed by atoms with Crippen molar-refractivity contribution in [2.75, 3.05) is 0 Å². The van der Waals surface area contributed by atoms with Crippen molar-refractivity contribution >= 4 is 0 Å². The van der Waals surface area contributed by atoms with Crippen LogP contribution in [0.4, 0.5) is 0 Å². The van der Waals surface area contributed by atoms with E-state index in [1.807, 2.05) is 26.0 Å². The average Bonchev–Trinajstić information content (AvgIpc) is 2.01. The molecule has 0 saturated heterocycles. The fourth-order valence-electron chi connectivity index (χ4n) is 1.26. The zero-order valence-corrected chi connectivity index (χ0v) is 8.82. The highest BCUT2D eigenvalue weighted by atomic mass is 16.5. The fraction of sp³-hybridized carbons (Fsp3) is 0.455. The van der Waals surface area contributed by atoms with Gasteiger partial charge in [-0.1, -0.05) is 6.07 Å². The lowest BCUT2D eigenvalue weighted by Crippen LogP contribution is -2.37. The highest BCUT2D eigenvalue weighted by Crippen LogP contribution is 2.17. The van der Waals surface area contributed by atoms with Crippen molar-refractivity contribution in [1.82, 2.24) is 0 Å². The molecule has 3 N–H and O–H groups in total. The summed E-state index contributed by atoms with van der Waals surface area (Å²) in [6, 6.07) is 5.85. The minimum absolute atomic E-state index is 0.670. The third-order valence-electron chi connectivity index (χ3n) is 1.94. The van der Waals surface area contributed by atoms with Crippen LogP contribution in [0.15, 0.2) is 18.2 Å². The molecule has 0 heterocycles. The SMILES string of the molecule is Cc1cc(C)cc(OC(N)C(C)O)c1. The summed E-state index contributed by atoms with van der Waals surface area (Å²) in [6.45, 7) is 5.59. The van der Waals surface area contributed by atoms with Gasteiger partial charge >= 0.3 is 0 Å². The number of hydrogen-bond donors (Lipinski definition) is 2. The molecule has 0 fully saturated rings. The molecule has 0 bridgehead atoms. The van der Waals surface area contributed by atoms with Crippen molar-refractivity contribution in [3.05, 3.63) is 29.3 Å². The summed E-state index contributed by atoms with van der Waals surface area (Å²) in [6.07, 6.45) is -1.34. The summed E-state index contributed by atoms with van der Waals surface area (Å²) in [5, 5.41) is 9.17. The van der Waals surface area contributed by atoms with Crippen LogP contribution < -0.4 is 10.5 Å². The van der Waals surface area contributed by atoms with Gasteiger partial charge in [0, 0.05) is 0 Å². The molecule has 0 aliphatic carbocycles. The number of hydrogen-bond acceptors (Lipinski definition) is 3. The summed E-state index contributed by atoms with van der Waals surface area (Å²) in [5.74, 6) is 0.705. The smallest absolute Gasteiger partial charge is 0.173 e. The molecule has 0 aliphatic heterocycles. The van der Waals surface area contributed by atoms with Crippen LogP contribution in [0.25, 0.3) is 0 Å². The molecule has 1 rings (SSSR count). The van der Waals surface area contributed by atoms with Crippen LogP contribution in [0.5, 0.6) is 5.75 Å². The number of aryl methyl sites for hydroxylation is 2. The Kier molecular flexibility index (Phi) is 3.49. The number of benzene rings is 1. The van der Waals surface area contributed by atoms with Gasteiger partial charge < -0.3 is 9.84 Å². The maximum atomic E-state index is 9.17. The van der Waals surface area contributed by atoms with E-state index in [1.54, 1.807) is 6.92 Å². The topological polar surface area (TPSA) is 55.5 Å². The summed E-state index contributed by atoms with van der Waals surface area (Å²) < 4.78 is 5.37. The molecule has 0 saturated carbocycles. The molecule has 0 aliphatic rings. The van der Waals surface area contributed by atoms with Gasteiger partial charge in [-0.25, -0.2) is 0 Å². The maximum Gasteiger partial charge on any atom is 0.173 e. The number of nitrogens with two attached hydrogens (primary N) is 1. The van der Waals surface area contributed by atoms with Gasteiger partial charge in [-0.2, -0.15) is 0 Å². The third-order valence-corrected chi connectivity index (χ3v) is 1.94. The first-order valence-corrected chi connectivity index (χ1v) is 4.67. The van der Waals surface area contributed by atoms with Crippen LogP contribution in [-0.2, 0) is 0 Å². The highest BCUT2D eigenvalue weighted by Gasteiger charge is 2.10. The van der Waals surface area contributed by atoms with Gasteiger partial charge in [-0.3, -0.25) is 5.73 Å². The summed E-state index contributed by atoms with van der Waals surface area (Å²) in [7, 11) is 0. The molecule has 78 valence electrons. The van der Waals surface area contributed by atoms with Gasteiger partial charge in [-0.05, 0) is 44.0 Å². The van der Waals surface area contributed by atoms with E-state index in [4.69, 9.17) is 10.5 Å². The van der Waals surface area contributed by atoms with Gasteiger partial charge in [0.25, 0.3) is 0 Å². The number of ether oxygens (including phenoxy) is 1. The molecular weight excluding hydrogens is 178 g/mol. The van der Waals surface area contributed by atoms with Crippen LogP contribution >= 0.6 is 0 Å². The zero-order valence-electron chi connectivity index (χ0n) is 8.82. The molecule has 0 spiro atoms. The molecule has 3 heteroatoms. The van der Waals surface area contributed by atoms with E-state index in [9.17, 15) is 5.11 Å². The van der Waals surface area contributed by atoms with Crippen LogP contribution in [0.2, 0.25) is 0 Å². The standard InChI is InChI=1S/C11H17NO2/c1-7-4-8(2)6-10(5-7)14-11(12)9(3)13/h4-6,9,11,13H,12H2,1-3H3. The van der Waals surface area contributed by atoms with Crippen molar-refractivity contribution in [2.45, 2.75) is 33.1 Å². The second kappa shape index (κ2) is 4.44. The van der Waals surface area contributed by atoms with Crippen molar-refractivity contribution in [1.29, 1.82) is 0 Å². The third kappa shape index (κ3) is 3.01. The Morgan fingerprint density at radius 2 is 1.71 bits per heavy atom. The lowest BCUT2D eigenvalue weighted by atomic mass is 10.1. The van der Waals surface area contributed by atoms with Gasteiger partial charge in [0.2, 0.25) is 0 Å². The van der Waals surface area contributed by atoms with Crippen LogP contribution in [-0.4, -0.2) is 17.4 Å². The van der Waals surface area contributed by atoms with Crippen molar-refractivity contribution in [3.63, 3.8) is 0 Å². The van der Waals surface area contributed by atoms with Crippen LogP contribution in [0.1, 0.15) is 18.1 Å². The Labute approximate surface area is 84.5 Å². The summed E-state index contributed by atoms with van der Waals surface area (Å²) >= 11 is 0. The Balaban J connectivity index is 2.76. The minimum Gasteiger partial charge on any atom is -0.473 e. The van der Waals surface area contributed by atoms with Crippen molar-refractivity contribution in [3.8, 4) is 5.75 Å². The maximum absolute atomic E-state index is 9.17. The molecule has 0 radical (unpaired) electrons. The molecule has 1 aromatic rings. The Hall–Kier alpha value is -1.06. The lowest BCUT2D eigenvalue weighted by molar-refractivity contribution is 0.0528. The van der Waals surface area contributed by atoms with E-state index >= 15 is 0 Å². The summed E-state index contributed by atoms with van der Waals surface area (Å²) in [4.78, 5) is 0. The average molecular weight is 195 g/mol. The second-order valence-electron chi connectivity index (χ2n) is 3.65. The normalized spacial score (nSPS) is 14.9. The monoisotopic (exact) mass is 195 g/mol. The van der Waals surface area contributed by atoms with E-state index in [0.29, 0.717) is 5.75 Å². The van der Waals surface area contributed by atoms with E-state index < -0.39 is 12.3 Å². The van der Waals surface area contributed by atoms with Crippen molar-refractivity contribution < 1.29 is 9.84 Å². The van der Waals surface area contributed by atoms with Gasteiger partial charge in [-0.15, -0.1) is 0 Å². The molecule has 0 aromatic heterocycles. The predicted octanol–water partition coefficient (Wildman–Crippen LogP) is 1.35. The largest absolute Gasteiger partial charge is 0.473 e. The summed E-state index contributed by atoms with van der Waals surface area (Å²) in [5.41, 5.74) is 7.82. The number of aliphatic hydroxyl groups excluding tert-OH is 1. The van der Waals surface area contributed by atoms with E-state index in [1.165, 1.54) is 0 Å². The Bertz CT molecular complexity index is 290. The minimum atomic E-state index is -0.671. The Morgan fingerprint density at radius 3 is 2.14 bits per heavy atom. The van der Waals surface area contributed by atoms with Crippen molar-refractivity contribution in [2.24, 2.45) is 5.73 Å². The first kappa shape index (κ1) is 11.0. The molecule has 2 atom stereocenters. The van der Waals surface area contributed by atoms with Gasteiger partial charge in [0.15, 0.2) is 6.23 Å². The number of rotatable bonds is 3. The quantitative estimate of drug-likeness (QED) is 0.716. The molecular formula is C11H17NO2. The Morgan fingerprint density at radius 1 is 1.21 bits per heavy atom. The predicted molar refractivity (Wildman–Crippen MR) is 56.2 cm³/mol. The zero-order chi connectivity index (χ0) is 10.7. The molecule has 2 unspecified atom stereocenters. The first-order chi connectivity index (χ1) is 6.49. The molecule has 0 amide bonds. The second-order valence-corrected chi connectivity index (χ2v) is 3.65. The van der Waals surface area contributed by atoms with Crippen LogP contribution in [0.3, 0.4) is 0 Å². The molecule has 3 nitrogen and oxygen atoms in total. The van der Waals surface area contributed by atoms with E-state index in [-0.39, 0.29) is 0 Å². The van der Waals surface area contributed by atoms with Crippen LogP contribution in [0, 0.1) is 13.8 Å². The number of aliphatic hydroxyl groups is 1. The fourth-order valence-corrected chi connectivity index (χ4v) is 1.26. The first-order valence-electron chi connectivity index (χ1n) is 4.67. The molecule has 14 heavy (non-hydrogen) atoms. The molecule has 1 aromatic carbocycles. The van der Waals surface area contributed by atoms with E-state index in [2.05, 4.69) is 6.07 Å². The van der Waals surface area contributed by atoms with E-state index in [0.717, 1.165) is 11.1 Å².